The van der Waals surface area contributed by atoms with E-state index >= 15 is 0 Å². The number of ketones is 1. The van der Waals surface area contributed by atoms with Gasteiger partial charge in [-0.05, 0) is 30.6 Å². The predicted octanol–water partition coefficient (Wildman–Crippen LogP) is 3.91. The summed E-state index contributed by atoms with van der Waals surface area (Å²) in [7, 11) is -1.93. The average molecular weight is 308 g/mol. The maximum absolute atomic E-state index is 12.2. The molecule has 1 rings (SSSR count). The Kier molecular flexibility index (Phi) is 5.88. The average Bonchev–Trinajstić information content (AvgIpc) is 2.62. The van der Waals surface area contributed by atoms with E-state index in [0.717, 1.165) is 6.29 Å². The summed E-state index contributed by atoms with van der Waals surface area (Å²) in [4.78, 5) is 22.9. The zero-order chi connectivity index (χ0) is 16.3. The lowest BCUT2D eigenvalue weighted by Gasteiger charge is -2.39. The Hall–Kier alpha value is -1.00. The molecule has 0 aromatic carbocycles. The topological polar surface area (TPSA) is 43.4 Å². The van der Waals surface area contributed by atoms with Crippen LogP contribution in [-0.4, -0.2) is 26.5 Å². The van der Waals surface area contributed by atoms with Crippen molar-refractivity contribution >= 4 is 20.4 Å². The van der Waals surface area contributed by atoms with Crippen LogP contribution in [0.25, 0.3) is 0 Å². The third-order valence-electron chi connectivity index (χ3n) is 4.79. The molecule has 0 amide bonds. The third kappa shape index (κ3) is 4.24. The lowest BCUT2D eigenvalue weighted by Crippen LogP contribution is -2.45. The first-order valence-corrected chi connectivity index (χ1v) is 10.5. The SMILES string of the molecule is C=CC[C@H]1C(=O)C[C@@H](O[Si](C)(C)C(C)(C)C)[C@@H]1/C=C/C=O. The number of hydrogen-bond donors (Lipinski definition) is 0. The van der Waals surface area contributed by atoms with Crippen LogP contribution in [0.4, 0.5) is 0 Å². The number of rotatable bonds is 6. The Morgan fingerprint density at radius 2 is 2.00 bits per heavy atom. The Balaban J connectivity index is 2.99. The first kappa shape index (κ1) is 18.0. The number of carbonyl (C=O) groups excluding carboxylic acids is 2. The fraction of sp³-hybridized carbons (Fsp3) is 0.647. The second-order valence-corrected chi connectivity index (χ2v) is 12.1. The van der Waals surface area contributed by atoms with Crippen molar-refractivity contribution < 1.29 is 14.0 Å². The molecule has 1 fully saturated rings. The lowest BCUT2D eigenvalue weighted by molar-refractivity contribution is -0.121. The molecular formula is C17H28O3Si. The summed E-state index contributed by atoms with van der Waals surface area (Å²) in [5.41, 5.74) is 0. The van der Waals surface area contributed by atoms with Gasteiger partial charge in [-0.25, -0.2) is 0 Å². The molecule has 4 heteroatoms. The van der Waals surface area contributed by atoms with Crippen LogP contribution in [0.5, 0.6) is 0 Å². The van der Waals surface area contributed by atoms with E-state index < -0.39 is 8.32 Å². The summed E-state index contributed by atoms with van der Waals surface area (Å²) in [6.45, 7) is 14.7. The molecule has 1 aliphatic rings. The Morgan fingerprint density at radius 1 is 1.38 bits per heavy atom. The molecule has 0 unspecified atom stereocenters. The highest BCUT2D eigenvalue weighted by molar-refractivity contribution is 6.74. The molecule has 0 aromatic rings. The van der Waals surface area contributed by atoms with Gasteiger partial charge in [-0.15, -0.1) is 6.58 Å². The van der Waals surface area contributed by atoms with Gasteiger partial charge in [0.25, 0.3) is 0 Å². The van der Waals surface area contributed by atoms with Gasteiger partial charge >= 0.3 is 0 Å². The summed E-state index contributed by atoms with van der Waals surface area (Å²) >= 11 is 0. The maximum Gasteiger partial charge on any atom is 0.192 e. The van der Waals surface area contributed by atoms with Crippen molar-refractivity contribution in [1.29, 1.82) is 0 Å². The molecule has 0 heterocycles. The standard InChI is InChI=1S/C17H28O3Si/c1-7-9-13-14(10-8-11-18)16(12-15(13)19)20-21(5,6)17(2,3)4/h7-8,10-11,13-14,16H,1,9,12H2,2-6H3/b10-8+/t13-,14-,16-/m1/s1. The molecule has 1 aliphatic carbocycles. The summed E-state index contributed by atoms with van der Waals surface area (Å²) in [5.74, 6) is 0.0995. The Labute approximate surface area is 129 Å². The van der Waals surface area contributed by atoms with Crippen LogP contribution in [0.15, 0.2) is 24.8 Å². The van der Waals surface area contributed by atoms with Crippen LogP contribution in [0.3, 0.4) is 0 Å². The minimum absolute atomic E-state index is 0.0187. The smallest absolute Gasteiger partial charge is 0.192 e. The van der Waals surface area contributed by atoms with Crippen LogP contribution in [-0.2, 0) is 14.0 Å². The molecule has 3 atom stereocenters. The Bertz CT molecular complexity index is 432. The van der Waals surface area contributed by atoms with Crippen LogP contribution in [0, 0.1) is 11.8 Å². The summed E-state index contributed by atoms with van der Waals surface area (Å²) in [6, 6.07) is 0. The summed E-state index contributed by atoms with van der Waals surface area (Å²) in [6.07, 6.45) is 6.84. The number of carbonyl (C=O) groups is 2. The highest BCUT2D eigenvalue weighted by Crippen LogP contribution is 2.42. The van der Waals surface area contributed by atoms with Gasteiger partial charge in [0.15, 0.2) is 8.32 Å². The molecule has 0 saturated heterocycles. The van der Waals surface area contributed by atoms with E-state index in [-0.39, 0.29) is 28.8 Å². The fourth-order valence-electron chi connectivity index (χ4n) is 2.53. The number of allylic oxidation sites excluding steroid dienone is 2. The predicted molar refractivity (Wildman–Crippen MR) is 88.7 cm³/mol. The van der Waals surface area contributed by atoms with E-state index in [9.17, 15) is 9.59 Å². The monoisotopic (exact) mass is 308 g/mol. The molecule has 0 spiro atoms. The van der Waals surface area contributed by atoms with Crippen LogP contribution in [0.1, 0.15) is 33.6 Å². The molecule has 0 radical (unpaired) electrons. The van der Waals surface area contributed by atoms with Crippen molar-refractivity contribution in [2.24, 2.45) is 11.8 Å². The first-order valence-electron chi connectivity index (χ1n) is 7.57. The molecule has 0 bridgehead atoms. The highest BCUT2D eigenvalue weighted by atomic mass is 28.4. The molecule has 21 heavy (non-hydrogen) atoms. The second-order valence-electron chi connectivity index (χ2n) is 7.32. The highest BCUT2D eigenvalue weighted by Gasteiger charge is 2.46. The van der Waals surface area contributed by atoms with Gasteiger partial charge in [-0.1, -0.05) is 32.9 Å². The van der Waals surface area contributed by atoms with Gasteiger partial charge in [0.2, 0.25) is 0 Å². The van der Waals surface area contributed by atoms with Gasteiger partial charge in [-0.2, -0.15) is 0 Å². The minimum atomic E-state index is -1.93. The van der Waals surface area contributed by atoms with E-state index in [4.69, 9.17) is 4.43 Å². The first-order chi connectivity index (χ1) is 9.64. The van der Waals surface area contributed by atoms with Crippen molar-refractivity contribution in [3.63, 3.8) is 0 Å². The van der Waals surface area contributed by atoms with Crippen molar-refractivity contribution in [1.82, 2.24) is 0 Å². The van der Waals surface area contributed by atoms with Gasteiger partial charge in [0.05, 0.1) is 6.10 Å². The third-order valence-corrected chi connectivity index (χ3v) is 9.30. The number of hydrogen-bond acceptors (Lipinski definition) is 3. The zero-order valence-electron chi connectivity index (χ0n) is 13.9. The Morgan fingerprint density at radius 3 is 2.48 bits per heavy atom. The molecule has 0 aliphatic heterocycles. The molecule has 1 saturated carbocycles. The minimum Gasteiger partial charge on any atom is -0.413 e. The lowest BCUT2D eigenvalue weighted by atomic mass is 9.91. The van der Waals surface area contributed by atoms with Crippen LogP contribution in [0.2, 0.25) is 18.1 Å². The molecule has 3 nitrogen and oxygen atoms in total. The quantitative estimate of drug-likeness (QED) is 0.323. The van der Waals surface area contributed by atoms with Crippen molar-refractivity contribution in [2.75, 3.05) is 0 Å². The van der Waals surface area contributed by atoms with E-state index in [1.165, 1.54) is 6.08 Å². The summed E-state index contributed by atoms with van der Waals surface area (Å²) in [5, 5.41) is 0.103. The van der Waals surface area contributed by atoms with Crippen molar-refractivity contribution in [2.45, 2.75) is 57.8 Å². The summed E-state index contributed by atoms with van der Waals surface area (Å²) < 4.78 is 6.44. The molecule has 0 aromatic heterocycles. The van der Waals surface area contributed by atoms with Crippen LogP contribution >= 0.6 is 0 Å². The van der Waals surface area contributed by atoms with E-state index in [2.05, 4.69) is 40.4 Å². The van der Waals surface area contributed by atoms with E-state index in [1.807, 2.05) is 6.08 Å². The second kappa shape index (κ2) is 6.84. The van der Waals surface area contributed by atoms with Gasteiger partial charge in [0.1, 0.15) is 12.1 Å². The number of aldehydes is 1. The largest absolute Gasteiger partial charge is 0.413 e. The van der Waals surface area contributed by atoms with Crippen LogP contribution < -0.4 is 0 Å². The zero-order valence-corrected chi connectivity index (χ0v) is 14.9. The molecular weight excluding hydrogens is 280 g/mol. The van der Waals surface area contributed by atoms with Crippen molar-refractivity contribution in [3.05, 3.63) is 24.8 Å². The van der Waals surface area contributed by atoms with Crippen molar-refractivity contribution in [3.8, 4) is 0 Å². The molecule has 118 valence electrons. The van der Waals surface area contributed by atoms with Gasteiger partial charge in [0, 0.05) is 18.3 Å². The maximum atomic E-state index is 12.2. The van der Waals surface area contributed by atoms with Gasteiger partial charge in [-0.3, -0.25) is 9.59 Å². The van der Waals surface area contributed by atoms with E-state index in [1.54, 1.807) is 6.08 Å². The van der Waals surface area contributed by atoms with Gasteiger partial charge < -0.3 is 4.43 Å². The fourth-order valence-corrected chi connectivity index (χ4v) is 3.89. The normalized spacial score (nSPS) is 27.3. The number of Topliss-reactive ketones (excluding diaryl/α,β-unsaturated/α-hetero) is 1. The molecule has 0 N–H and O–H groups in total. The van der Waals surface area contributed by atoms with E-state index in [0.29, 0.717) is 12.8 Å².